The molecule has 2 saturated carbocycles. The summed E-state index contributed by atoms with van der Waals surface area (Å²) in [6.45, 7) is -0.429. The first-order chi connectivity index (χ1) is 13.4. The van der Waals surface area contributed by atoms with Crippen molar-refractivity contribution in [3.05, 3.63) is 29.3 Å². The first-order valence-electron chi connectivity index (χ1n) is 9.50. The molecule has 7 nitrogen and oxygen atoms in total. The SMILES string of the molecule is O=C(COC(=O)CCN1C(=O)[C@@H]2[C@H]3CC[C@@H](C3)[C@H]2C1=O)Nc1cccc(Cl)c1. The van der Waals surface area contributed by atoms with Crippen LogP contribution in [0.4, 0.5) is 5.69 Å². The number of hydrogen-bond acceptors (Lipinski definition) is 5. The van der Waals surface area contributed by atoms with Crippen LogP contribution in [-0.4, -0.2) is 41.7 Å². The summed E-state index contributed by atoms with van der Waals surface area (Å²) in [5, 5.41) is 3.05. The minimum Gasteiger partial charge on any atom is -0.456 e. The van der Waals surface area contributed by atoms with Gasteiger partial charge in [-0.1, -0.05) is 17.7 Å². The normalized spacial score (nSPS) is 27.8. The van der Waals surface area contributed by atoms with Crippen molar-refractivity contribution in [2.24, 2.45) is 23.7 Å². The van der Waals surface area contributed by atoms with Crippen LogP contribution >= 0.6 is 11.6 Å². The Balaban J connectivity index is 1.23. The van der Waals surface area contributed by atoms with Gasteiger partial charge in [0.25, 0.3) is 5.91 Å². The molecule has 4 atom stereocenters. The summed E-state index contributed by atoms with van der Waals surface area (Å²) < 4.78 is 4.95. The summed E-state index contributed by atoms with van der Waals surface area (Å²) in [6, 6.07) is 6.61. The summed E-state index contributed by atoms with van der Waals surface area (Å²) in [4.78, 5) is 50.2. The highest BCUT2D eigenvalue weighted by molar-refractivity contribution is 6.30. The Morgan fingerprint density at radius 3 is 2.46 bits per heavy atom. The number of imide groups is 1. The van der Waals surface area contributed by atoms with Crippen LogP contribution in [-0.2, 0) is 23.9 Å². The number of anilines is 1. The molecule has 2 bridgehead atoms. The van der Waals surface area contributed by atoms with E-state index in [1.807, 2.05) is 0 Å². The number of carbonyl (C=O) groups excluding carboxylic acids is 4. The van der Waals surface area contributed by atoms with Crippen molar-refractivity contribution >= 4 is 41.0 Å². The number of hydrogen-bond donors (Lipinski definition) is 1. The van der Waals surface area contributed by atoms with Gasteiger partial charge in [-0.3, -0.25) is 24.1 Å². The van der Waals surface area contributed by atoms with Crippen molar-refractivity contribution in [1.82, 2.24) is 4.90 Å². The molecule has 1 aromatic rings. The lowest BCUT2D eigenvalue weighted by atomic mass is 9.81. The summed E-state index contributed by atoms with van der Waals surface area (Å²) in [6.07, 6.45) is 2.89. The predicted octanol–water partition coefficient (Wildman–Crippen LogP) is 2.24. The number of likely N-dealkylation sites (tertiary alicyclic amines) is 1. The largest absolute Gasteiger partial charge is 0.456 e. The fraction of sp³-hybridized carbons (Fsp3) is 0.500. The second-order valence-electron chi connectivity index (χ2n) is 7.68. The smallest absolute Gasteiger partial charge is 0.308 e. The van der Waals surface area contributed by atoms with E-state index in [0.29, 0.717) is 22.5 Å². The minimum absolute atomic E-state index is 0.0128. The first kappa shape index (κ1) is 18.9. The molecular formula is C20H21ClN2O5. The molecule has 3 amide bonds. The van der Waals surface area contributed by atoms with Crippen LogP contribution in [0.2, 0.25) is 5.02 Å². The number of esters is 1. The van der Waals surface area contributed by atoms with Gasteiger partial charge in [0.1, 0.15) is 0 Å². The molecule has 0 aromatic heterocycles. The van der Waals surface area contributed by atoms with Crippen molar-refractivity contribution in [1.29, 1.82) is 0 Å². The average Bonchev–Trinajstić information content (AvgIpc) is 3.33. The summed E-state index contributed by atoms with van der Waals surface area (Å²) in [5.41, 5.74) is 0.503. The van der Waals surface area contributed by atoms with Crippen molar-refractivity contribution < 1.29 is 23.9 Å². The molecule has 1 heterocycles. The standard InChI is InChI=1S/C20H21ClN2O5/c21-13-2-1-3-14(9-13)22-15(24)10-28-16(25)6-7-23-19(26)17-11-4-5-12(8-11)18(17)20(23)27/h1-3,9,11-12,17-18H,4-8,10H2,(H,22,24)/t11-,12-,17+,18+/m0/s1. The third kappa shape index (κ3) is 3.51. The van der Waals surface area contributed by atoms with Crippen molar-refractivity contribution in [2.75, 3.05) is 18.5 Å². The highest BCUT2D eigenvalue weighted by Gasteiger charge is 2.60. The van der Waals surface area contributed by atoms with E-state index in [2.05, 4.69) is 5.32 Å². The van der Waals surface area contributed by atoms with Crippen LogP contribution in [0.3, 0.4) is 0 Å². The molecule has 1 saturated heterocycles. The highest BCUT2D eigenvalue weighted by atomic mass is 35.5. The zero-order valence-corrected chi connectivity index (χ0v) is 16.0. The van der Waals surface area contributed by atoms with Gasteiger partial charge in [0, 0.05) is 17.3 Å². The predicted molar refractivity (Wildman–Crippen MR) is 100 cm³/mol. The van der Waals surface area contributed by atoms with Crippen LogP contribution in [0, 0.1) is 23.7 Å². The molecule has 8 heteroatoms. The monoisotopic (exact) mass is 404 g/mol. The molecule has 1 N–H and O–H groups in total. The summed E-state index contributed by atoms with van der Waals surface area (Å²) in [5.74, 6) is -1.15. The number of rotatable bonds is 6. The van der Waals surface area contributed by atoms with Gasteiger partial charge in [-0.2, -0.15) is 0 Å². The fourth-order valence-corrected chi connectivity index (χ4v) is 5.07. The lowest BCUT2D eigenvalue weighted by molar-refractivity contribution is -0.149. The Morgan fingerprint density at radius 1 is 1.14 bits per heavy atom. The Labute approximate surface area is 167 Å². The summed E-state index contributed by atoms with van der Waals surface area (Å²) in [7, 11) is 0. The molecule has 1 aliphatic heterocycles. The number of fused-ring (bicyclic) bond motifs is 5. The average molecular weight is 405 g/mol. The molecule has 0 radical (unpaired) electrons. The number of nitrogens with zero attached hydrogens (tertiary/aromatic N) is 1. The number of amides is 3. The molecule has 4 rings (SSSR count). The van der Waals surface area contributed by atoms with E-state index in [1.165, 1.54) is 4.90 Å². The van der Waals surface area contributed by atoms with Gasteiger partial charge in [-0.15, -0.1) is 0 Å². The molecular weight excluding hydrogens is 384 g/mol. The van der Waals surface area contributed by atoms with Gasteiger partial charge in [0.15, 0.2) is 6.61 Å². The van der Waals surface area contributed by atoms with Gasteiger partial charge in [0.2, 0.25) is 11.8 Å². The van der Waals surface area contributed by atoms with Gasteiger partial charge in [-0.05, 0) is 49.3 Å². The third-order valence-electron chi connectivity index (χ3n) is 6.03. The molecule has 3 aliphatic rings. The maximum atomic E-state index is 12.6. The lowest BCUT2D eigenvalue weighted by Crippen LogP contribution is -2.35. The van der Waals surface area contributed by atoms with Gasteiger partial charge in [0.05, 0.1) is 18.3 Å². The Morgan fingerprint density at radius 2 is 1.82 bits per heavy atom. The summed E-state index contributed by atoms with van der Waals surface area (Å²) >= 11 is 5.84. The van der Waals surface area contributed by atoms with Gasteiger partial charge < -0.3 is 10.1 Å². The zero-order chi connectivity index (χ0) is 19.8. The second kappa shape index (κ2) is 7.54. The number of carbonyl (C=O) groups is 4. The number of halogens is 1. The van der Waals surface area contributed by atoms with Crippen LogP contribution in [0.15, 0.2) is 24.3 Å². The minimum atomic E-state index is -0.623. The number of ether oxygens (including phenoxy) is 1. The maximum Gasteiger partial charge on any atom is 0.308 e. The van der Waals surface area contributed by atoms with Crippen molar-refractivity contribution in [3.8, 4) is 0 Å². The van der Waals surface area contributed by atoms with Crippen LogP contribution in [0.25, 0.3) is 0 Å². The number of nitrogens with one attached hydrogen (secondary N) is 1. The van der Waals surface area contributed by atoms with Crippen molar-refractivity contribution in [2.45, 2.75) is 25.7 Å². The molecule has 0 unspecified atom stereocenters. The van der Waals surface area contributed by atoms with Crippen LogP contribution in [0.1, 0.15) is 25.7 Å². The third-order valence-corrected chi connectivity index (χ3v) is 6.27. The lowest BCUT2D eigenvalue weighted by Gasteiger charge is -2.19. The van der Waals surface area contributed by atoms with Crippen molar-refractivity contribution in [3.63, 3.8) is 0 Å². The molecule has 28 heavy (non-hydrogen) atoms. The fourth-order valence-electron chi connectivity index (χ4n) is 4.88. The maximum absolute atomic E-state index is 12.6. The van der Waals surface area contributed by atoms with E-state index in [-0.39, 0.29) is 36.6 Å². The van der Waals surface area contributed by atoms with E-state index in [0.717, 1.165) is 19.3 Å². The molecule has 0 spiro atoms. The quantitative estimate of drug-likeness (QED) is 0.579. The molecule has 3 fully saturated rings. The Bertz CT molecular complexity index is 814. The zero-order valence-electron chi connectivity index (χ0n) is 15.2. The van der Waals surface area contributed by atoms with Gasteiger partial charge in [-0.25, -0.2) is 0 Å². The number of benzene rings is 1. The highest BCUT2D eigenvalue weighted by Crippen LogP contribution is 2.56. The van der Waals surface area contributed by atoms with Crippen LogP contribution in [0.5, 0.6) is 0 Å². The van der Waals surface area contributed by atoms with E-state index >= 15 is 0 Å². The molecule has 148 valence electrons. The van der Waals surface area contributed by atoms with Gasteiger partial charge >= 0.3 is 5.97 Å². The second-order valence-corrected chi connectivity index (χ2v) is 8.12. The van der Waals surface area contributed by atoms with E-state index in [9.17, 15) is 19.2 Å². The Kier molecular flexibility index (Phi) is 5.10. The van der Waals surface area contributed by atoms with E-state index in [1.54, 1.807) is 24.3 Å². The molecule has 2 aliphatic carbocycles. The Hall–Kier alpha value is -2.41. The molecule has 1 aromatic carbocycles. The topological polar surface area (TPSA) is 92.8 Å². The van der Waals surface area contributed by atoms with E-state index < -0.39 is 18.5 Å². The van der Waals surface area contributed by atoms with E-state index in [4.69, 9.17) is 16.3 Å². The van der Waals surface area contributed by atoms with Crippen LogP contribution < -0.4 is 5.32 Å². The first-order valence-corrected chi connectivity index (χ1v) is 9.88.